The molecule has 6 heteroatoms. The number of nitro groups is 1. The monoisotopic (exact) mass is 226 g/mol. The highest BCUT2D eigenvalue weighted by Crippen LogP contribution is 2.27. The first-order chi connectivity index (χ1) is 7.09. The Balaban J connectivity index is 2.83. The van der Waals surface area contributed by atoms with Gasteiger partial charge in [0.05, 0.1) is 15.5 Å². The molecule has 2 aromatic rings. The van der Waals surface area contributed by atoms with Gasteiger partial charge in [0.25, 0.3) is 0 Å². The summed E-state index contributed by atoms with van der Waals surface area (Å²) < 4.78 is 13.2. The van der Waals surface area contributed by atoms with E-state index in [1.165, 1.54) is 12.3 Å². The molecule has 1 heterocycles. The second-order valence-corrected chi connectivity index (χ2v) is 3.28. The number of hydrogen-bond donors (Lipinski definition) is 0. The zero-order valence-corrected chi connectivity index (χ0v) is 8.03. The van der Waals surface area contributed by atoms with Crippen molar-refractivity contribution in [2.45, 2.75) is 0 Å². The predicted octanol–water partition coefficient (Wildman–Crippen LogP) is 2.94. The van der Waals surface area contributed by atoms with Gasteiger partial charge < -0.3 is 0 Å². The van der Waals surface area contributed by atoms with Crippen LogP contribution >= 0.6 is 11.6 Å². The van der Waals surface area contributed by atoms with Gasteiger partial charge in [0.15, 0.2) is 0 Å². The molecule has 0 aliphatic carbocycles. The molecule has 0 saturated carbocycles. The first kappa shape index (κ1) is 9.79. The summed E-state index contributed by atoms with van der Waals surface area (Å²) in [6.07, 6.45) is 1.41. The summed E-state index contributed by atoms with van der Waals surface area (Å²) in [5.41, 5.74) is -0.303. The predicted molar refractivity (Wildman–Crippen MR) is 53.4 cm³/mol. The fourth-order valence-corrected chi connectivity index (χ4v) is 1.47. The fraction of sp³-hybridized carbons (Fsp3) is 0. The molecule has 1 aromatic carbocycles. The molecule has 0 aliphatic heterocycles. The number of hydrogen-bond acceptors (Lipinski definition) is 3. The van der Waals surface area contributed by atoms with E-state index in [4.69, 9.17) is 11.6 Å². The number of nitro benzene ring substituents is 1. The summed E-state index contributed by atoms with van der Waals surface area (Å²) in [6, 6.07) is 3.57. The van der Waals surface area contributed by atoms with Gasteiger partial charge in [-0.15, -0.1) is 0 Å². The van der Waals surface area contributed by atoms with Gasteiger partial charge in [-0.25, -0.2) is 0 Å². The Morgan fingerprint density at radius 1 is 1.47 bits per heavy atom. The van der Waals surface area contributed by atoms with Crippen LogP contribution in [0.1, 0.15) is 0 Å². The summed E-state index contributed by atoms with van der Waals surface area (Å²) >= 11 is 5.80. The molecule has 0 amide bonds. The SMILES string of the molecule is O=[N+]([O-])c1cc2c(Cl)ccnc2cc1F. The number of halogens is 2. The third kappa shape index (κ3) is 1.61. The largest absolute Gasteiger partial charge is 0.305 e. The number of fused-ring (bicyclic) bond motifs is 1. The zero-order valence-electron chi connectivity index (χ0n) is 7.28. The summed E-state index contributed by atoms with van der Waals surface area (Å²) in [6.45, 7) is 0. The molecule has 0 saturated heterocycles. The van der Waals surface area contributed by atoms with Crippen molar-refractivity contribution < 1.29 is 9.31 Å². The molecular formula is C9H4ClFN2O2. The van der Waals surface area contributed by atoms with Gasteiger partial charge in [-0.2, -0.15) is 4.39 Å². The Morgan fingerprint density at radius 3 is 2.87 bits per heavy atom. The molecule has 0 aliphatic rings. The molecule has 0 unspecified atom stereocenters. The molecule has 0 spiro atoms. The van der Waals surface area contributed by atoms with Crippen molar-refractivity contribution in [3.8, 4) is 0 Å². The van der Waals surface area contributed by atoms with Crippen molar-refractivity contribution in [1.29, 1.82) is 0 Å². The van der Waals surface area contributed by atoms with Crippen LogP contribution in [0.3, 0.4) is 0 Å². The molecule has 2 rings (SSSR count). The zero-order chi connectivity index (χ0) is 11.0. The molecule has 4 nitrogen and oxygen atoms in total. The van der Waals surface area contributed by atoms with E-state index in [9.17, 15) is 14.5 Å². The van der Waals surface area contributed by atoms with Crippen LogP contribution < -0.4 is 0 Å². The molecule has 0 radical (unpaired) electrons. The Bertz CT molecular complexity index is 559. The molecule has 76 valence electrons. The second kappa shape index (κ2) is 3.43. The van der Waals surface area contributed by atoms with Crippen molar-refractivity contribution in [1.82, 2.24) is 4.98 Å². The van der Waals surface area contributed by atoms with E-state index in [2.05, 4.69) is 4.98 Å². The van der Waals surface area contributed by atoms with Crippen LogP contribution in [0.4, 0.5) is 10.1 Å². The Hall–Kier alpha value is -1.75. The topological polar surface area (TPSA) is 56.0 Å². The summed E-state index contributed by atoms with van der Waals surface area (Å²) in [4.78, 5) is 13.5. The Morgan fingerprint density at radius 2 is 2.20 bits per heavy atom. The third-order valence-corrected chi connectivity index (χ3v) is 2.28. The quantitative estimate of drug-likeness (QED) is 0.555. The van der Waals surface area contributed by atoms with E-state index in [1.54, 1.807) is 0 Å². The van der Waals surface area contributed by atoms with Crippen LogP contribution in [-0.4, -0.2) is 9.91 Å². The van der Waals surface area contributed by atoms with Gasteiger partial charge in [-0.05, 0) is 6.07 Å². The highest BCUT2D eigenvalue weighted by molar-refractivity contribution is 6.35. The van der Waals surface area contributed by atoms with E-state index in [-0.39, 0.29) is 0 Å². The van der Waals surface area contributed by atoms with E-state index in [1.807, 2.05) is 0 Å². The van der Waals surface area contributed by atoms with E-state index in [0.29, 0.717) is 15.9 Å². The molecular weight excluding hydrogens is 223 g/mol. The van der Waals surface area contributed by atoms with Gasteiger partial charge >= 0.3 is 5.69 Å². The smallest absolute Gasteiger partial charge is 0.258 e. The molecule has 15 heavy (non-hydrogen) atoms. The Labute approximate surface area is 88.5 Å². The van der Waals surface area contributed by atoms with Crippen molar-refractivity contribution in [3.05, 3.63) is 45.4 Å². The second-order valence-electron chi connectivity index (χ2n) is 2.87. The molecule has 0 N–H and O–H groups in total. The van der Waals surface area contributed by atoms with Crippen LogP contribution in [-0.2, 0) is 0 Å². The van der Waals surface area contributed by atoms with Gasteiger partial charge in [0.1, 0.15) is 0 Å². The number of aromatic nitrogens is 1. The van der Waals surface area contributed by atoms with Crippen LogP contribution in [0.25, 0.3) is 10.9 Å². The third-order valence-electron chi connectivity index (χ3n) is 1.95. The lowest BCUT2D eigenvalue weighted by atomic mass is 10.2. The minimum Gasteiger partial charge on any atom is -0.258 e. The maximum atomic E-state index is 13.2. The maximum absolute atomic E-state index is 13.2. The van der Waals surface area contributed by atoms with Crippen molar-refractivity contribution in [3.63, 3.8) is 0 Å². The van der Waals surface area contributed by atoms with Crippen LogP contribution in [0.2, 0.25) is 5.02 Å². The molecule has 0 bridgehead atoms. The minimum atomic E-state index is -0.915. The lowest BCUT2D eigenvalue weighted by molar-refractivity contribution is -0.387. The van der Waals surface area contributed by atoms with Crippen LogP contribution in [0.5, 0.6) is 0 Å². The van der Waals surface area contributed by atoms with Gasteiger partial charge in [-0.3, -0.25) is 15.1 Å². The van der Waals surface area contributed by atoms with Gasteiger partial charge in [0.2, 0.25) is 5.82 Å². The highest BCUT2D eigenvalue weighted by Gasteiger charge is 2.16. The van der Waals surface area contributed by atoms with Gasteiger partial charge in [0, 0.05) is 23.7 Å². The van der Waals surface area contributed by atoms with E-state index in [0.717, 1.165) is 12.1 Å². The average molecular weight is 227 g/mol. The van der Waals surface area contributed by atoms with Crippen molar-refractivity contribution >= 4 is 28.2 Å². The summed E-state index contributed by atoms with van der Waals surface area (Å²) in [7, 11) is 0. The van der Waals surface area contributed by atoms with Crippen LogP contribution in [0.15, 0.2) is 24.4 Å². The van der Waals surface area contributed by atoms with E-state index < -0.39 is 16.4 Å². The molecule has 0 fully saturated rings. The normalized spacial score (nSPS) is 10.5. The molecule has 0 atom stereocenters. The maximum Gasteiger partial charge on any atom is 0.305 e. The van der Waals surface area contributed by atoms with Crippen molar-refractivity contribution in [2.75, 3.05) is 0 Å². The van der Waals surface area contributed by atoms with Gasteiger partial charge in [-0.1, -0.05) is 11.6 Å². The summed E-state index contributed by atoms with van der Waals surface area (Å²) in [5.74, 6) is -0.915. The number of nitrogens with zero attached hydrogens (tertiary/aromatic N) is 2. The average Bonchev–Trinajstić information content (AvgIpc) is 2.16. The number of rotatable bonds is 1. The standard InChI is InChI=1S/C9H4ClFN2O2/c10-6-1-2-12-8-4-7(11)9(13(14)15)3-5(6)8/h1-4H. The number of benzene rings is 1. The minimum absolute atomic E-state index is 0.297. The number of pyridine rings is 1. The van der Waals surface area contributed by atoms with Crippen LogP contribution in [0, 0.1) is 15.9 Å². The first-order valence-corrected chi connectivity index (χ1v) is 4.35. The first-order valence-electron chi connectivity index (χ1n) is 3.98. The summed E-state index contributed by atoms with van der Waals surface area (Å²) in [5, 5.41) is 11.2. The fourth-order valence-electron chi connectivity index (χ4n) is 1.26. The Kier molecular flexibility index (Phi) is 2.24. The highest BCUT2D eigenvalue weighted by atomic mass is 35.5. The van der Waals surface area contributed by atoms with E-state index >= 15 is 0 Å². The lowest BCUT2D eigenvalue weighted by Crippen LogP contribution is -1.93. The molecule has 1 aromatic heterocycles. The van der Waals surface area contributed by atoms with Crippen molar-refractivity contribution in [2.24, 2.45) is 0 Å². The lowest BCUT2D eigenvalue weighted by Gasteiger charge is -2.00.